The molecule has 4 heteroatoms. The molecule has 1 N–H and O–H groups in total. The molecule has 20 heavy (non-hydrogen) atoms. The predicted molar refractivity (Wildman–Crippen MR) is 79.2 cm³/mol. The molecule has 0 aliphatic carbocycles. The first-order valence-corrected chi connectivity index (χ1v) is 6.97. The Labute approximate surface area is 119 Å². The molecule has 0 aliphatic rings. The minimum atomic E-state index is -0.197. The summed E-state index contributed by atoms with van der Waals surface area (Å²) < 4.78 is 15.3. The smallest absolute Gasteiger partial charge is 0.123 e. The molecular formula is C16H22FN3. The number of halogens is 1. The molecule has 0 bridgehead atoms. The van der Waals surface area contributed by atoms with Crippen LogP contribution in [0.1, 0.15) is 36.2 Å². The highest BCUT2D eigenvalue weighted by Crippen LogP contribution is 2.14. The van der Waals surface area contributed by atoms with Crippen LogP contribution in [0, 0.1) is 19.7 Å². The average molecular weight is 275 g/mol. The van der Waals surface area contributed by atoms with Gasteiger partial charge in [0.25, 0.3) is 0 Å². The van der Waals surface area contributed by atoms with E-state index in [1.807, 2.05) is 23.9 Å². The van der Waals surface area contributed by atoms with Crippen LogP contribution in [0.2, 0.25) is 0 Å². The van der Waals surface area contributed by atoms with E-state index in [0.29, 0.717) is 12.6 Å². The number of benzene rings is 1. The molecule has 0 saturated heterocycles. The first-order chi connectivity index (χ1) is 9.47. The number of nitrogens with zero attached hydrogens (tertiary/aromatic N) is 2. The van der Waals surface area contributed by atoms with Crippen molar-refractivity contribution in [3.63, 3.8) is 0 Å². The Bertz CT molecular complexity index is 587. The van der Waals surface area contributed by atoms with Gasteiger partial charge in [-0.1, -0.05) is 19.9 Å². The van der Waals surface area contributed by atoms with E-state index in [0.717, 1.165) is 23.4 Å². The molecule has 2 rings (SSSR count). The van der Waals surface area contributed by atoms with Crippen LogP contribution in [0.5, 0.6) is 0 Å². The number of nitrogens with one attached hydrogen (secondary N) is 1. The third-order valence-corrected chi connectivity index (χ3v) is 3.54. The van der Waals surface area contributed by atoms with E-state index in [9.17, 15) is 4.39 Å². The van der Waals surface area contributed by atoms with Crippen LogP contribution in [0.25, 0.3) is 0 Å². The first kappa shape index (κ1) is 14.7. The van der Waals surface area contributed by atoms with Gasteiger partial charge in [-0.2, -0.15) is 5.10 Å². The van der Waals surface area contributed by atoms with E-state index in [1.54, 1.807) is 6.07 Å². The van der Waals surface area contributed by atoms with Crippen molar-refractivity contribution in [3.8, 4) is 0 Å². The summed E-state index contributed by atoms with van der Waals surface area (Å²) in [7, 11) is 0. The van der Waals surface area contributed by atoms with Crippen molar-refractivity contribution in [2.24, 2.45) is 0 Å². The van der Waals surface area contributed by atoms with Crippen molar-refractivity contribution >= 4 is 0 Å². The van der Waals surface area contributed by atoms with Crippen molar-refractivity contribution in [2.75, 3.05) is 0 Å². The van der Waals surface area contributed by atoms with Gasteiger partial charge in [0.15, 0.2) is 0 Å². The number of hydrogen-bond donors (Lipinski definition) is 1. The van der Waals surface area contributed by atoms with E-state index in [1.165, 1.54) is 11.6 Å². The monoisotopic (exact) mass is 275 g/mol. The van der Waals surface area contributed by atoms with E-state index < -0.39 is 0 Å². The molecule has 2 aromatic rings. The Kier molecular flexibility index (Phi) is 4.55. The van der Waals surface area contributed by atoms with Gasteiger partial charge in [0.2, 0.25) is 0 Å². The molecule has 3 nitrogen and oxygen atoms in total. The Balaban J connectivity index is 2.16. The molecule has 1 aromatic heterocycles. The minimum Gasteiger partial charge on any atom is -0.310 e. The van der Waals surface area contributed by atoms with Gasteiger partial charge < -0.3 is 5.32 Å². The van der Waals surface area contributed by atoms with Gasteiger partial charge in [-0.3, -0.25) is 4.68 Å². The lowest BCUT2D eigenvalue weighted by Crippen LogP contribution is -2.22. The van der Waals surface area contributed by atoms with E-state index in [2.05, 4.69) is 31.2 Å². The van der Waals surface area contributed by atoms with E-state index >= 15 is 0 Å². The second-order valence-corrected chi connectivity index (χ2v) is 5.52. The standard InChI is InChI=1S/C16H22FN3/c1-11(2)18-8-15-9-19-20(13(15)4)10-14-7-16(17)6-5-12(14)3/h5-7,9,11,18H,8,10H2,1-4H3. The maximum Gasteiger partial charge on any atom is 0.123 e. The van der Waals surface area contributed by atoms with Crippen LogP contribution in [0.3, 0.4) is 0 Å². The topological polar surface area (TPSA) is 29.9 Å². The fraction of sp³-hybridized carbons (Fsp3) is 0.438. The molecule has 108 valence electrons. The van der Waals surface area contributed by atoms with Gasteiger partial charge in [0.05, 0.1) is 12.7 Å². The van der Waals surface area contributed by atoms with Crippen molar-refractivity contribution in [1.29, 1.82) is 0 Å². The number of aromatic nitrogens is 2. The summed E-state index contributed by atoms with van der Waals surface area (Å²) in [5, 5.41) is 7.80. The molecule has 0 atom stereocenters. The van der Waals surface area contributed by atoms with Crippen LogP contribution in [-0.4, -0.2) is 15.8 Å². The van der Waals surface area contributed by atoms with Gasteiger partial charge in [0.1, 0.15) is 5.82 Å². The third-order valence-electron chi connectivity index (χ3n) is 3.54. The highest BCUT2D eigenvalue weighted by Gasteiger charge is 2.09. The van der Waals surface area contributed by atoms with E-state index in [4.69, 9.17) is 0 Å². The summed E-state index contributed by atoms with van der Waals surface area (Å²) in [6.45, 7) is 9.71. The fourth-order valence-electron chi connectivity index (χ4n) is 2.10. The molecule has 0 fully saturated rings. The molecule has 0 amide bonds. The molecule has 0 unspecified atom stereocenters. The lowest BCUT2D eigenvalue weighted by molar-refractivity contribution is 0.584. The molecule has 1 heterocycles. The molecule has 1 aromatic carbocycles. The maximum atomic E-state index is 13.3. The minimum absolute atomic E-state index is 0.197. The van der Waals surface area contributed by atoms with Crippen LogP contribution in [0.4, 0.5) is 4.39 Å². The normalized spacial score (nSPS) is 11.3. The summed E-state index contributed by atoms with van der Waals surface area (Å²) >= 11 is 0. The summed E-state index contributed by atoms with van der Waals surface area (Å²) in [5.41, 5.74) is 4.37. The summed E-state index contributed by atoms with van der Waals surface area (Å²) in [6.07, 6.45) is 1.89. The maximum absolute atomic E-state index is 13.3. The fourth-order valence-corrected chi connectivity index (χ4v) is 2.10. The van der Waals surface area contributed by atoms with Crippen LogP contribution >= 0.6 is 0 Å². The molecule has 0 saturated carbocycles. The third kappa shape index (κ3) is 3.45. The van der Waals surface area contributed by atoms with Crippen molar-refractivity contribution in [3.05, 3.63) is 52.6 Å². The highest BCUT2D eigenvalue weighted by atomic mass is 19.1. The van der Waals surface area contributed by atoms with E-state index in [-0.39, 0.29) is 5.82 Å². The Morgan fingerprint density at radius 3 is 2.70 bits per heavy atom. The van der Waals surface area contributed by atoms with Crippen molar-refractivity contribution in [2.45, 2.75) is 46.8 Å². The zero-order valence-electron chi connectivity index (χ0n) is 12.6. The Morgan fingerprint density at radius 1 is 1.25 bits per heavy atom. The number of aryl methyl sites for hydroxylation is 1. The first-order valence-electron chi connectivity index (χ1n) is 6.97. The second kappa shape index (κ2) is 6.18. The zero-order chi connectivity index (χ0) is 14.7. The average Bonchev–Trinajstić information content (AvgIpc) is 2.73. The Morgan fingerprint density at radius 2 is 2.00 bits per heavy atom. The summed E-state index contributed by atoms with van der Waals surface area (Å²) in [6, 6.07) is 5.34. The molecular weight excluding hydrogens is 253 g/mol. The van der Waals surface area contributed by atoms with Crippen LogP contribution in [-0.2, 0) is 13.1 Å². The van der Waals surface area contributed by atoms with Crippen LogP contribution < -0.4 is 5.32 Å². The lowest BCUT2D eigenvalue weighted by atomic mass is 10.1. The van der Waals surface area contributed by atoms with Crippen molar-refractivity contribution in [1.82, 2.24) is 15.1 Å². The lowest BCUT2D eigenvalue weighted by Gasteiger charge is -2.10. The van der Waals surface area contributed by atoms with Gasteiger partial charge in [-0.15, -0.1) is 0 Å². The molecule has 0 aliphatic heterocycles. The summed E-state index contributed by atoms with van der Waals surface area (Å²) in [5.74, 6) is -0.197. The molecule has 0 radical (unpaired) electrons. The Hall–Kier alpha value is -1.68. The zero-order valence-corrected chi connectivity index (χ0v) is 12.6. The summed E-state index contributed by atoms with van der Waals surface area (Å²) in [4.78, 5) is 0. The number of rotatable bonds is 5. The SMILES string of the molecule is Cc1ccc(F)cc1Cn1ncc(CNC(C)C)c1C. The van der Waals surface area contributed by atoms with Gasteiger partial charge in [-0.05, 0) is 37.1 Å². The largest absolute Gasteiger partial charge is 0.310 e. The van der Waals surface area contributed by atoms with Gasteiger partial charge in [0, 0.05) is 23.8 Å². The highest BCUT2D eigenvalue weighted by molar-refractivity contribution is 5.27. The van der Waals surface area contributed by atoms with Crippen molar-refractivity contribution < 1.29 is 4.39 Å². The van der Waals surface area contributed by atoms with Gasteiger partial charge >= 0.3 is 0 Å². The second-order valence-electron chi connectivity index (χ2n) is 5.52. The van der Waals surface area contributed by atoms with Gasteiger partial charge in [-0.25, -0.2) is 4.39 Å². The number of hydrogen-bond acceptors (Lipinski definition) is 2. The quantitative estimate of drug-likeness (QED) is 0.908. The molecule has 0 spiro atoms. The predicted octanol–water partition coefficient (Wildman–Crippen LogP) is 3.19. The van der Waals surface area contributed by atoms with Crippen LogP contribution in [0.15, 0.2) is 24.4 Å².